The Balaban J connectivity index is 1.90. The average molecular weight is 239 g/mol. The van der Waals surface area contributed by atoms with E-state index in [1.165, 1.54) is 51.9 Å². The van der Waals surface area contributed by atoms with Crippen LogP contribution in [0.15, 0.2) is 0 Å². The van der Waals surface area contributed by atoms with Crippen molar-refractivity contribution in [3.05, 3.63) is 0 Å². The standard InChI is InChI=1S/C14H29N3/c1-3-14(2,12-15)17-10-7-13(11-17)16-8-5-4-6-9-16/h13H,3-12,15H2,1-2H3. The van der Waals surface area contributed by atoms with Gasteiger partial charge in [-0.2, -0.15) is 0 Å². The van der Waals surface area contributed by atoms with Crippen molar-refractivity contribution in [1.82, 2.24) is 9.80 Å². The molecule has 2 saturated heterocycles. The molecule has 3 nitrogen and oxygen atoms in total. The van der Waals surface area contributed by atoms with Gasteiger partial charge >= 0.3 is 0 Å². The lowest BCUT2D eigenvalue weighted by molar-refractivity contribution is 0.110. The lowest BCUT2D eigenvalue weighted by Crippen LogP contribution is -2.51. The van der Waals surface area contributed by atoms with Crippen molar-refractivity contribution in [3.8, 4) is 0 Å². The summed E-state index contributed by atoms with van der Waals surface area (Å²) in [5.74, 6) is 0. The van der Waals surface area contributed by atoms with Gasteiger partial charge < -0.3 is 5.73 Å². The van der Waals surface area contributed by atoms with Gasteiger partial charge in [-0.25, -0.2) is 0 Å². The third kappa shape index (κ3) is 2.83. The highest BCUT2D eigenvalue weighted by molar-refractivity contribution is 4.94. The van der Waals surface area contributed by atoms with Gasteiger partial charge in [-0.3, -0.25) is 9.80 Å². The molecular formula is C14H29N3. The summed E-state index contributed by atoms with van der Waals surface area (Å²) >= 11 is 0. The molecule has 0 amide bonds. The van der Waals surface area contributed by atoms with Crippen LogP contribution in [0.25, 0.3) is 0 Å². The van der Waals surface area contributed by atoms with Crippen LogP contribution in [-0.2, 0) is 0 Å². The van der Waals surface area contributed by atoms with Crippen LogP contribution in [0.3, 0.4) is 0 Å². The van der Waals surface area contributed by atoms with Crippen molar-refractivity contribution in [2.75, 3.05) is 32.7 Å². The first-order chi connectivity index (χ1) is 8.19. The Kier molecular flexibility index (Phi) is 4.45. The molecule has 0 aromatic heterocycles. The largest absolute Gasteiger partial charge is 0.329 e. The molecule has 3 heteroatoms. The molecular weight excluding hydrogens is 210 g/mol. The van der Waals surface area contributed by atoms with Gasteiger partial charge in [0.05, 0.1) is 0 Å². The van der Waals surface area contributed by atoms with Crippen LogP contribution >= 0.6 is 0 Å². The van der Waals surface area contributed by atoms with Crippen molar-refractivity contribution in [2.24, 2.45) is 5.73 Å². The van der Waals surface area contributed by atoms with Gasteiger partial charge in [0, 0.05) is 31.2 Å². The monoisotopic (exact) mass is 239 g/mol. The Morgan fingerprint density at radius 2 is 1.88 bits per heavy atom. The molecule has 17 heavy (non-hydrogen) atoms. The minimum atomic E-state index is 0.227. The molecule has 2 fully saturated rings. The Bertz CT molecular complexity index is 232. The van der Waals surface area contributed by atoms with E-state index in [1.54, 1.807) is 0 Å². The van der Waals surface area contributed by atoms with E-state index in [-0.39, 0.29) is 5.54 Å². The third-order valence-corrected chi connectivity index (χ3v) is 5.04. The minimum Gasteiger partial charge on any atom is -0.329 e. The number of piperidine rings is 1. The highest BCUT2D eigenvalue weighted by Crippen LogP contribution is 2.27. The van der Waals surface area contributed by atoms with E-state index in [1.807, 2.05) is 0 Å². The lowest BCUT2D eigenvalue weighted by Gasteiger charge is -2.38. The van der Waals surface area contributed by atoms with Crippen molar-refractivity contribution in [1.29, 1.82) is 0 Å². The summed E-state index contributed by atoms with van der Waals surface area (Å²) in [5, 5.41) is 0. The van der Waals surface area contributed by atoms with Gasteiger partial charge in [0.15, 0.2) is 0 Å². The normalized spacial score (nSPS) is 31.6. The van der Waals surface area contributed by atoms with E-state index in [4.69, 9.17) is 5.73 Å². The molecule has 0 bridgehead atoms. The summed E-state index contributed by atoms with van der Waals surface area (Å²) in [6, 6.07) is 0.799. The Hall–Kier alpha value is -0.120. The van der Waals surface area contributed by atoms with Crippen molar-refractivity contribution in [2.45, 2.75) is 57.5 Å². The predicted molar refractivity (Wildman–Crippen MR) is 73.2 cm³/mol. The number of hydrogen-bond donors (Lipinski definition) is 1. The zero-order chi connectivity index (χ0) is 12.3. The van der Waals surface area contributed by atoms with E-state index in [2.05, 4.69) is 23.6 Å². The van der Waals surface area contributed by atoms with Gasteiger partial charge in [0.25, 0.3) is 0 Å². The molecule has 0 aromatic carbocycles. The summed E-state index contributed by atoms with van der Waals surface area (Å²) in [4.78, 5) is 5.35. The first kappa shape index (κ1) is 13.3. The van der Waals surface area contributed by atoms with E-state index < -0.39 is 0 Å². The fraction of sp³-hybridized carbons (Fsp3) is 1.00. The van der Waals surface area contributed by atoms with Crippen LogP contribution in [-0.4, -0.2) is 54.1 Å². The molecule has 2 aliphatic heterocycles. The predicted octanol–water partition coefficient (Wildman–Crippen LogP) is 1.67. The van der Waals surface area contributed by atoms with Crippen molar-refractivity contribution in [3.63, 3.8) is 0 Å². The molecule has 2 atom stereocenters. The molecule has 0 aromatic rings. The van der Waals surface area contributed by atoms with Crippen molar-refractivity contribution < 1.29 is 0 Å². The van der Waals surface area contributed by atoms with Crippen LogP contribution in [0.1, 0.15) is 46.0 Å². The molecule has 2 heterocycles. The zero-order valence-corrected chi connectivity index (χ0v) is 11.6. The Labute approximate surface area is 106 Å². The van der Waals surface area contributed by atoms with Gasteiger partial charge in [0.1, 0.15) is 0 Å². The second-order valence-electron chi connectivity index (χ2n) is 6.04. The summed E-state index contributed by atoms with van der Waals surface area (Å²) in [5.41, 5.74) is 6.19. The number of hydrogen-bond acceptors (Lipinski definition) is 3. The van der Waals surface area contributed by atoms with Crippen LogP contribution in [0.2, 0.25) is 0 Å². The third-order valence-electron chi connectivity index (χ3n) is 5.04. The molecule has 2 unspecified atom stereocenters. The highest BCUT2D eigenvalue weighted by atomic mass is 15.3. The second-order valence-corrected chi connectivity index (χ2v) is 6.04. The van der Waals surface area contributed by atoms with Gasteiger partial charge in [-0.15, -0.1) is 0 Å². The van der Waals surface area contributed by atoms with Gasteiger partial charge in [0.2, 0.25) is 0 Å². The minimum absolute atomic E-state index is 0.227. The van der Waals surface area contributed by atoms with Crippen LogP contribution in [0.4, 0.5) is 0 Å². The first-order valence-corrected chi connectivity index (χ1v) is 7.39. The number of nitrogens with two attached hydrogens (primary N) is 1. The van der Waals surface area contributed by atoms with E-state index in [0.29, 0.717) is 0 Å². The molecule has 0 spiro atoms. The van der Waals surface area contributed by atoms with E-state index in [9.17, 15) is 0 Å². The SMILES string of the molecule is CCC(C)(CN)N1CCC(N2CCCCC2)C1. The summed E-state index contributed by atoms with van der Waals surface area (Å²) < 4.78 is 0. The summed E-state index contributed by atoms with van der Waals surface area (Å²) in [6.45, 7) is 10.5. The van der Waals surface area contributed by atoms with Gasteiger partial charge in [-0.1, -0.05) is 13.3 Å². The molecule has 100 valence electrons. The number of nitrogens with zero attached hydrogens (tertiary/aromatic N) is 2. The first-order valence-electron chi connectivity index (χ1n) is 7.39. The number of rotatable bonds is 4. The molecule has 0 saturated carbocycles. The van der Waals surface area contributed by atoms with Gasteiger partial charge in [-0.05, 0) is 45.7 Å². The van der Waals surface area contributed by atoms with Crippen LogP contribution < -0.4 is 5.73 Å². The maximum atomic E-state index is 5.97. The zero-order valence-electron chi connectivity index (χ0n) is 11.6. The van der Waals surface area contributed by atoms with E-state index in [0.717, 1.165) is 19.0 Å². The maximum absolute atomic E-state index is 5.97. The van der Waals surface area contributed by atoms with E-state index >= 15 is 0 Å². The fourth-order valence-electron chi connectivity index (χ4n) is 3.31. The quantitative estimate of drug-likeness (QED) is 0.810. The molecule has 0 radical (unpaired) electrons. The fourth-order valence-corrected chi connectivity index (χ4v) is 3.31. The number of likely N-dealkylation sites (tertiary alicyclic amines) is 2. The summed E-state index contributed by atoms with van der Waals surface area (Å²) in [7, 11) is 0. The second kappa shape index (κ2) is 5.68. The average Bonchev–Trinajstić information content (AvgIpc) is 2.89. The van der Waals surface area contributed by atoms with Crippen molar-refractivity contribution >= 4 is 0 Å². The Morgan fingerprint density at radius 1 is 1.18 bits per heavy atom. The molecule has 2 aliphatic rings. The highest BCUT2D eigenvalue weighted by Gasteiger charge is 2.36. The molecule has 0 aliphatic carbocycles. The molecule has 2 N–H and O–H groups in total. The lowest BCUT2D eigenvalue weighted by atomic mass is 9.97. The maximum Gasteiger partial charge on any atom is 0.0301 e. The van der Waals surface area contributed by atoms with Crippen LogP contribution in [0.5, 0.6) is 0 Å². The van der Waals surface area contributed by atoms with Crippen LogP contribution in [0, 0.1) is 0 Å². The topological polar surface area (TPSA) is 32.5 Å². The Morgan fingerprint density at radius 3 is 2.47 bits per heavy atom. The molecule has 2 rings (SSSR count). The summed E-state index contributed by atoms with van der Waals surface area (Å²) in [6.07, 6.45) is 6.74. The smallest absolute Gasteiger partial charge is 0.0301 e.